The highest BCUT2D eigenvalue weighted by Crippen LogP contribution is 2.32. The Bertz CT molecular complexity index is 1620. The zero-order valence-corrected chi connectivity index (χ0v) is 20.8. The Labute approximate surface area is 203 Å². The van der Waals surface area contributed by atoms with Gasteiger partial charge in [-0.2, -0.15) is 8.42 Å². The van der Waals surface area contributed by atoms with E-state index in [1.54, 1.807) is 44.2 Å². The summed E-state index contributed by atoms with van der Waals surface area (Å²) in [6.45, 7) is 5.40. The molecule has 0 amide bonds. The lowest BCUT2D eigenvalue weighted by atomic mass is 10.2. The van der Waals surface area contributed by atoms with E-state index in [9.17, 15) is 21.2 Å². The van der Waals surface area contributed by atoms with Crippen LogP contribution in [0.25, 0.3) is 16.8 Å². The van der Waals surface area contributed by atoms with Crippen molar-refractivity contribution >= 4 is 36.9 Å². The maximum absolute atomic E-state index is 14.0. The molecule has 0 spiro atoms. The summed E-state index contributed by atoms with van der Waals surface area (Å²) < 4.78 is 73.9. The minimum atomic E-state index is -4.31. The van der Waals surface area contributed by atoms with Crippen LogP contribution < -0.4 is 0 Å². The standard InChI is InChI=1S/C25H23FN2O5S2/c1-17(2)13-24(33-35(31,32)22-11-9-18(3)10-12-22)23-15-19-14-20(26)16-27-25(19)28(23)34(29,30)21-7-5-4-6-8-21/h4-17H,1-3H3. The molecule has 0 unspecified atom stereocenters. The quantitative estimate of drug-likeness (QED) is 0.251. The van der Waals surface area contributed by atoms with Crippen LogP contribution >= 0.6 is 0 Å². The summed E-state index contributed by atoms with van der Waals surface area (Å²) in [6, 6.07) is 16.2. The van der Waals surface area contributed by atoms with Crippen LogP contribution in [0.3, 0.4) is 0 Å². The molecular weight excluding hydrogens is 491 g/mol. The van der Waals surface area contributed by atoms with Crippen LogP contribution in [0.4, 0.5) is 4.39 Å². The molecule has 35 heavy (non-hydrogen) atoms. The van der Waals surface area contributed by atoms with E-state index < -0.39 is 26.0 Å². The van der Waals surface area contributed by atoms with Crippen LogP contribution in [0.2, 0.25) is 0 Å². The van der Waals surface area contributed by atoms with Crippen LogP contribution in [0, 0.1) is 18.7 Å². The fourth-order valence-electron chi connectivity index (χ4n) is 3.49. The average molecular weight is 515 g/mol. The number of nitrogens with zero attached hydrogens (tertiary/aromatic N) is 2. The Hall–Kier alpha value is -3.50. The van der Waals surface area contributed by atoms with E-state index in [0.717, 1.165) is 21.8 Å². The Morgan fingerprint density at radius 3 is 2.26 bits per heavy atom. The van der Waals surface area contributed by atoms with Gasteiger partial charge in [0.2, 0.25) is 0 Å². The molecule has 0 radical (unpaired) electrons. The second-order valence-electron chi connectivity index (χ2n) is 8.30. The smallest absolute Gasteiger partial charge is 0.339 e. The van der Waals surface area contributed by atoms with Gasteiger partial charge in [0.15, 0.2) is 11.4 Å². The van der Waals surface area contributed by atoms with E-state index in [2.05, 4.69) is 4.98 Å². The third-order valence-electron chi connectivity index (χ3n) is 5.09. The van der Waals surface area contributed by atoms with Crippen molar-refractivity contribution in [1.29, 1.82) is 0 Å². The van der Waals surface area contributed by atoms with E-state index in [-0.39, 0.29) is 38.2 Å². The maximum Gasteiger partial charge on any atom is 0.339 e. The molecule has 0 bridgehead atoms. The summed E-state index contributed by atoms with van der Waals surface area (Å²) in [5.74, 6) is -1.09. The summed E-state index contributed by atoms with van der Waals surface area (Å²) in [5, 5.41) is 0.172. The molecule has 0 saturated carbocycles. The molecule has 2 heterocycles. The molecule has 2 aromatic carbocycles. The van der Waals surface area contributed by atoms with Crippen molar-refractivity contribution in [1.82, 2.24) is 8.96 Å². The Kier molecular flexibility index (Phi) is 6.52. The normalized spacial score (nSPS) is 12.9. The van der Waals surface area contributed by atoms with E-state index >= 15 is 0 Å². The van der Waals surface area contributed by atoms with Gasteiger partial charge < -0.3 is 4.18 Å². The monoisotopic (exact) mass is 514 g/mol. The minimum absolute atomic E-state index is 0.0461. The van der Waals surface area contributed by atoms with Gasteiger partial charge in [-0.1, -0.05) is 49.7 Å². The number of hydrogen-bond donors (Lipinski definition) is 0. The molecule has 2 aromatic heterocycles. The molecule has 7 nitrogen and oxygen atoms in total. The first-order chi connectivity index (χ1) is 16.5. The number of fused-ring (bicyclic) bond motifs is 1. The SMILES string of the molecule is Cc1ccc(S(=O)(=O)OC(=CC(C)C)c2cc3cc(F)cnc3n2S(=O)(=O)c2ccccc2)cc1. The Balaban J connectivity index is 1.97. The molecular formula is C25H23FN2O5S2. The predicted molar refractivity (Wildman–Crippen MR) is 131 cm³/mol. The summed E-state index contributed by atoms with van der Waals surface area (Å²) in [4.78, 5) is 3.86. The van der Waals surface area contributed by atoms with Gasteiger partial charge in [0, 0.05) is 5.39 Å². The highest BCUT2D eigenvalue weighted by molar-refractivity contribution is 7.90. The van der Waals surface area contributed by atoms with Crippen molar-refractivity contribution in [2.45, 2.75) is 30.6 Å². The van der Waals surface area contributed by atoms with Crippen molar-refractivity contribution in [3.05, 3.63) is 96.1 Å². The van der Waals surface area contributed by atoms with Crippen molar-refractivity contribution < 1.29 is 25.4 Å². The van der Waals surface area contributed by atoms with E-state index in [4.69, 9.17) is 4.18 Å². The van der Waals surface area contributed by atoms with Crippen molar-refractivity contribution in [2.75, 3.05) is 0 Å². The number of halogens is 1. The fraction of sp³-hybridized carbons (Fsp3) is 0.160. The lowest BCUT2D eigenvalue weighted by Crippen LogP contribution is -2.18. The molecule has 4 rings (SSSR count). The first-order valence-corrected chi connectivity index (χ1v) is 13.5. The van der Waals surface area contributed by atoms with Gasteiger partial charge in [-0.3, -0.25) is 0 Å². The largest absolute Gasteiger partial charge is 0.377 e. The number of aromatic nitrogens is 2. The number of rotatable bonds is 7. The van der Waals surface area contributed by atoms with E-state index in [0.29, 0.717) is 0 Å². The van der Waals surface area contributed by atoms with Gasteiger partial charge >= 0.3 is 10.1 Å². The molecule has 0 fully saturated rings. The zero-order valence-electron chi connectivity index (χ0n) is 19.2. The van der Waals surface area contributed by atoms with Crippen LogP contribution in [-0.2, 0) is 24.3 Å². The predicted octanol–water partition coefficient (Wildman–Crippen LogP) is 5.12. The molecule has 0 aliphatic carbocycles. The van der Waals surface area contributed by atoms with Crippen molar-refractivity contribution in [2.24, 2.45) is 5.92 Å². The van der Waals surface area contributed by atoms with Gasteiger partial charge in [0.1, 0.15) is 16.4 Å². The van der Waals surface area contributed by atoms with Crippen LogP contribution in [-0.4, -0.2) is 25.8 Å². The third kappa shape index (κ3) is 4.98. The Morgan fingerprint density at radius 2 is 1.63 bits per heavy atom. The fourth-order valence-corrected chi connectivity index (χ4v) is 5.92. The summed E-state index contributed by atoms with van der Waals surface area (Å²) in [5.41, 5.74) is 0.715. The zero-order chi connectivity index (χ0) is 25.4. The highest BCUT2D eigenvalue weighted by atomic mass is 32.2. The second-order valence-corrected chi connectivity index (χ2v) is 11.6. The Morgan fingerprint density at radius 1 is 0.971 bits per heavy atom. The lowest BCUT2D eigenvalue weighted by molar-refractivity contribution is 0.459. The number of benzene rings is 2. The minimum Gasteiger partial charge on any atom is -0.377 e. The van der Waals surface area contributed by atoms with Crippen LogP contribution in [0.1, 0.15) is 25.1 Å². The average Bonchev–Trinajstić information content (AvgIpc) is 3.18. The molecule has 0 aliphatic rings. The number of hydrogen-bond acceptors (Lipinski definition) is 6. The second kappa shape index (κ2) is 9.27. The maximum atomic E-state index is 14.0. The molecule has 0 N–H and O–H groups in total. The third-order valence-corrected chi connectivity index (χ3v) is 8.06. The molecule has 0 saturated heterocycles. The molecule has 182 valence electrons. The van der Waals surface area contributed by atoms with Crippen molar-refractivity contribution in [3.63, 3.8) is 0 Å². The number of allylic oxidation sites excluding steroid dienone is 1. The van der Waals surface area contributed by atoms with Gasteiger partial charge in [0.25, 0.3) is 10.0 Å². The lowest BCUT2D eigenvalue weighted by Gasteiger charge is -2.16. The first kappa shape index (κ1) is 24.6. The number of pyridine rings is 1. The van der Waals surface area contributed by atoms with Crippen LogP contribution in [0.15, 0.2) is 88.8 Å². The summed E-state index contributed by atoms with van der Waals surface area (Å²) in [7, 11) is -8.57. The number of aryl methyl sites for hydroxylation is 1. The van der Waals surface area contributed by atoms with Gasteiger partial charge in [-0.05, 0) is 55.3 Å². The van der Waals surface area contributed by atoms with Gasteiger partial charge in [-0.15, -0.1) is 0 Å². The highest BCUT2D eigenvalue weighted by Gasteiger charge is 2.29. The van der Waals surface area contributed by atoms with Gasteiger partial charge in [-0.25, -0.2) is 21.8 Å². The molecule has 0 atom stereocenters. The topological polar surface area (TPSA) is 95.3 Å². The molecule has 10 heteroatoms. The first-order valence-electron chi connectivity index (χ1n) is 10.7. The van der Waals surface area contributed by atoms with Crippen LogP contribution in [0.5, 0.6) is 0 Å². The van der Waals surface area contributed by atoms with Gasteiger partial charge in [0.05, 0.1) is 11.1 Å². The molecule has 0 aliphatic heterocycles. The van der Waals surface area contributed by atoms with E-state index in [1.165, 1.54) is 36.4 Å². The van der Waals surface area contributed by atoms with E-state index in [1.807, 2.05) is 6.92 Å². The summed E-state index contributed by atoms with van der Waals surface area (Å²) >= 11 is 0. The summed E-state index contributed by atoms with van der Waals surface area (Å²) in [6.07, 6.45) is 2.40. The molecule has 4 aromatic rings. The van der Waals surface area contributed by atoms with Crippen molar-refractivity contribution in [3.8, 4) is 0 Å².